The number of fused-ring (bicyclic) bond motifs is 2. The van der Waals surface area contributed by atoms with Crippen molar-refractivity contribution in [1.82, 2.24) is 15.1 Å². The first-order valence-corrected chi connectivity index (χ1v) is 14.9. The van der Waals surface area contributed by atoms with E-state index >= 15 is 0 Å². The van der Waals surface area contributed by atoms with E-state index in [4.69, 9.17) is 14.2 Å². The van der Waals surface area contributed by atoms with Crippen LogP contribution in [0, 0.1) is 5.92 Å². The van der Waals surface area contributed by atoms with Crippen LogP contribution >= 0.6 is 0 Å². The number of amides is 5. The second-order valence-corrected chi connectivity index (χ2v) is 11.6. The molecule has 1 aliphatic carbocycles. The van der Waals surface area contributed by atoms with Gasteiger partial charge in [0, 0.05) is 37.3 Å². The highest BCUT2D eigenvalue weighted by Crippen LogP contribution is 2.36. The van der Waals surface area contributed by atoms with Crippen LogP contribution in [-0.2, 0) is 0 Å². The van der Waals surface area contributed by atoms with Gasteiger partial charge in [-0.2, -0.15) is 0 Å². The van der Waals surface area contributed by atoms with Crippen molar-refractivity contribution in [3.8, 4) is 17.2 Å². The van der Waals surface area contributed by atoms with Crippen LogP contribution in [0.5, 0.6) is 17.2 Å². The third-order valence-corrected chi connectivity index (χ3v) is 8.30. The zero-order chi connectivity index (χ0) is 30.5. The Morgan fingerprint density at radius 1 is 1.09 bits per heavy atom. The summed E-state index contributed by atoms with van der Waals surface area (Å²) in [5.41, 5.74) is 1.20. The molecule has 0 unspecified atom stereocenters. The molecule has 0 saturated heterocycles. The van der Waals surface area contributed by atoms with Crippen molar-refractivity contribution >= 4 is 29.3 Å². The molecule has 5 amide bonds. The van der Waals surface area contributed by atoms with E-state index in [0.717, 1.165) is 25.7 Å². The standard InChI is InChI=1S/C31H41N5O7/c1-19-15-36(20(2)17-37)29(38)23-10-7-11-24(34-30(39)32-21-8-5-4-6-9-21)28(23)43-27(19)16-35(3)31(40)33-22-12-13-25-26(14-22)42-18-41-25/h7,10-14,19-21,27,37H,4-6,8-9,15-18H2,1-3H3,(H,33,40)(H2,32,34,39)/t19-,20+,27-/m1/s1. The van der Waals surface area contributed by atoms with Crippen LogP contribution in [0.15, 0.2) is 36.4 Å². The van der Waals surface area contributed by atoms with Gasteiger partial charge in [0.2, 0.25) is 6.79 Å². The number of para-hydroxylation sites is 1. The number of benzene rings is 2. The number of ether oxygens (including phenoxy) is 3. The molecule has 0 bridgehead atoms. The summed E-state index contributed by atoms with van der Waals surface area (Å²) in [5, 5.41) is 18.8. The van der Waals surface area contributed by atoms with Crippen molar-refractivity contribution in [1.29, 1.82) is 0 Å². The van der Waals surface area contributed by atoms with Gasteiger partial charge in [0.1, 0.15) is 6.10 Å². The van der Waals surface area contributed by atoms with Crippen molar-refractivity contribution in [3.05, 3.63) is 42.0 Å². The fraction of sp³-hybridized carbons (Fsp3) is 0.516. The number of carbonyl (C=O) groups is 3. The van der Waals surface area contributed by atoms with E-state index in [0.29, 0.717) is 29.4 Å². The number of anilines is 2. The van der Waals surface area contributed by atoms with Gasteiger partial charge in [0.15, 0.2) is 17.2 Å². The van der Waals surface area contributed by atoms with E-state index in [1.165, 1.54) is 11.3 Å². The molecule has 2 aliphatic heterocycles. The minimum Gasteiger partial charge on any atom is -0.485 e. The van der Waals surface area contributed by atoms with E-state index in [2.05, 4.69) is 16.0 Å². The molecular weight excluding hydrogens is 554 g/mol. The highest BCUT2D eigenvalue weighted by Gasteiger charge is 2.35. The van der Waals surface area contributed by atoms with Gasteiger partial charge >= 0.3 is 12.1 Å². The third-order valence-electron chi connectivity index (χ3n) is 8.30. The largest absolute Gasteiger partial charge is 0.485 e. The van der Waals surface area contributed by atoms with Crippen LogP contribution in [0.2, 0.25) is 0 Å². The number of likely N-dealkylation sites (N-methyl/N-ethyl adjacent to an activating group) is 1. The lowest BCUT2D eigenvalue weighted by molar-refractivity contribution is 0.0373. The van der Waals surface area contributed by atoms with Gasteiger partial charge in [-0.05, 0) is 44.0 Å². The molecule has 5 rings (SSSR count). The second-order valence-electron chi connectivity index (χ2n) is 11.6. The Morgan fingerprint density at radius 2 is 1.86 bits per heavy atom. The van der Waals surface area contributed by atoms with E-state index in [-0.39, 0.29) is 61.2 Å². The summed E-state index contributed by atoms with van der Waals surface area (Å²) < 4.78 is 17.3. The van der Waals surface area contributed by atoms with Crippen LogP contribution in [0.1, 0.15) is 56.3 Å². The molecule has 3 aliphatic rings. The van der Waals surface area contributed by atoms with Gasteiger partial charge in [-0.3, -0.25) is 4.79 Å². The second kappa shape index (κ2) is 13.4. The van der Waals surface area contributed by atoms with Gasteiger partial charge in [0.05, 0.1) is 30.4 Å². The number of urea groups is 2. The Bertz CT molecular complexity index is 1330. The molecule has 1 fully saturated rings. The van der Waals surface area contributed by atoms with E-state index in [1.807, 2.05) is 6.92 Å². The van der Waals surface area contributed by atoms with Gasteiger partial charge in [-0.15, -0.1) is 0 Å². The van der Waals surface area contributed by atoms with E-state index in [1.54, 1.807) is 55.3 Å². The smallest absolute Gasteiger partial charge is 0.321 e. The lowest BCUT2D eigenvalue weighted by Gasteiger charge is -2.38. The van der Waals surface area contributed by atoms with Crippen molar-refractivity contribution in [2.24, 2.45) is 5.92 Å². The zero-order valence-electron chi connectivity index (χ0n) is 24.9. The van der Waals surface area contributed by atoms with Gasteiger partial charge in [0.25, 0.3) is 5.91 Å². The summed E-state index contributed by atoms with van der Waals surface area (Å²) in [7, 11) is 1.67. The Morgan fingerprint density at radius 3 is 2.63 bits per heavy atom. The highest BCUT2D eigenvalue weighted by atomic mass is 16.7. The van der Waals surface area contributed by atoms with Crippen molar-refractivity contribution < 1.29 is 33.7 Å². The van der Waals surface area contributed by atoms with Crippen LogP contribution in [0.3, 0.4) is 0 Å². The fourth-order valence-electron chi connectivity index (χ4n) is 5.70. The number of nitrogens with zero attached hydrogens (tertiary/aromatic N) is 2. The maximum absolute atomic E-state index is 13.7. The van der Waals surface area contributed by atoms with Crippen LogP contribution in [0.25, 0.3) is 0 Å². The molecule has 2 aromatic rings. The van der Waals surface area contributed by atoms with Crippen molar-refractivity contribution in [3.63, 3.8) is 0 Å². The minimum absolute atomic E-state index is 0.104. The summed E-state index contributed by atoms with van der Waals surface area (Å²) in [6.45, 7) is 4.15. The predicted molar refractivity (Wildman–Crippen MR) is 161 cm³/mol. The molecule has 0 aromatic heterocycles. The molecule has 43 heavy (non-hydrogen) atoms. The SMILES string of the molecule is C[C@@H]1CN([C@@H](C)CO)C(=O)c2cccc(NC(=O)NC3CCCCC3)c2O[C@@H]1CN(C)C(=O)Nc1ccc2c(c1)OCO2. The monoisotopic (exact) mass is 595 g/mol. The fourth-order valence-corrected chi connectivity index (χ4v) is 5.70. The van der Waals surface area contributed by atoms with Crippen molar-refractivity contribution in [2.45, 2.75) is 64.1 Å². The predicted octanol–water partition coefficient (Wildman–Crippen LogP) is 4.25. The average molecular weight is 596 g/mol. The molecule has 4 N–H and O–H groups in total. The molecule has 0 spiro atoms. The van der Waals surface area contributed by atoms with Crippen LogP contribution in [0.4, 0.5) is 21.0 Å². The average Bonchev–Trinajstić information content (AvgIpc) is 3.47. The lowest BCUT2D eigenvalue weighted by Crippen LogP contribution is -2.50. The number of aliphatic hydroxyl groups excluding tert-OH is 1. The molecular formula is C31H41N5O7. The first kappa shape index (κ1) is 30.3. The summed E-state index contributed by atoms with van der Waals surface area (Å²) in [4.78, 5) is 43.0. The molecule has 0 radical (unpaired) electrons. The first-order valence-electron chi connectivity index (χ1n) is 14.9. The summed E-state index contributed by atoms with van der Waals surface area (Å²) in [6.07, 6.45) is 4.66. The molecule has 2 aromatic carbocycles. The summed E-state index contributed by atoms with van der Waals surface area (Å²) in [5.74, 6) is 0.893. The highest BCUT2D eigenvalue weighted by molar-refractivity contribution is 6.01. The van der Waals surface area contributed by atoms with Gasteiger partial charge in [-0.25, -0.2) is 9.59 Å². The number of hydrogen-bond donors (Lipinski definition) is 4. The molecule has 232 valence electrons. The molecule has 1 saturated carbocycles. The zero-order valence-corrected chi connectivity index (χ0v) is 24.9. The number of aliphatic hydroxyl groups is 1. The number of hydrogen-bond acceptors (Lipinski definition) is 7. The minimum atomic E-state index is -0.544. The maximum Gasteiger partial charge on any atom is 0.321 e. The Labute approximate surface area is 251 Å². The van der Waals surface area contributed by atoms with E-state index < -0.39 is 12.1 Å². The third kappa shape index (κ3) is 7.07. The normalized spacial score (nSPS) is 20.7. The number of rotatable bonds is 7. The Balaban J connectivity index is 1.36. The topological polar surface area (TPSA) is 142 Å². The Hall–Kier alpha value is -4.19. The first-order chi connectivity index (χ1) is 20.7. The van der Waals surface area contributed by atoms with Crippen LogP contribution in [-0.4, -0.2) is 84.6 Å². The van der Waals surface area contributed by atoms with Gasteiger partial charge < -0.3 is 45.1 Å². The summed E-state index contributed by atoms with van der Waals surface area (Å²) in [6, 6.07) is 9.18. The number of carbonyl (C=O) groups excluding carboxylic acids is 3. The van der Waals surface area contributed by atoms with E-state index in [9.17, 15) is 19.5 Å². The molecule has 3 atom stereocenters. The van der Waals surface area contributed by atoms with Crippen LogP contribution < -0.4 is 30.2 Å². The number of nitrogens with one attached hydrogen (secondary N) is 3. The van der Waals surface area contributed by atoms with Gasteiger partial charge in [-0.1, -0.05) is 32.3 Å². The quantitative estimate of drug-likeness (QED) is 0.375. The maximum atomic E-state index is 13.7. The molecule has 12 heteroatoms. The molecule has 12 nitrogen and oxygen atoms in total. The lowest BCUT2D eigenvalue weighted by atomic mass is 9.96. The molecule has 2 heterocycles. The summed E-state index contributed by atoms with van der Waals surface area (Å²) >= 11 is 0. The van der Waals surface area contributed by atoms with Crippen molar-refractivity contribution in [2.75, 3.05) is 44.2 Å². The Kier molecular flexibility index (Phi) is 9.44.